The fourth-order valence-corrected chi connectivity index (χ4v) is 4.26. The van der Waals surface area contributed by atoms with Crippen LogP contribution in [0.15, 0.2) is 99.6 Å². The van der Waals surface area contributed by atoms with Crippen LogP contribution in [0.5, 0.6) is 0 Å². The second kappa shape index (κ2) is 6.30. The van der Waals surface area contributed by atoms with E-state index in [0.29, 0.717) is 5.69 Å². The Balaban J connectivity index is 2.10. The van der Waals surface area contributed by atoms with E-state index in [1.165, 1.54) is 14.7 Å². The number of rotatable bonds is 3. The summed E-state index contributed by atoms with van der Waals surface area (Å²) in [6.45, 7) is 7.08. The monoisotopic (exact) mass is 288 g/mol. The highest BCUT2D eigenvalue weighted by Crippen LogP contribution is 2.31. The summed E-state index contributed by atoms with van der Waals surface area (Å²) in [5, 5.41) is 0. The van der Waals surface area contributed by atoms with E-state index in [1.54, 1.807) is 0 Å². The first kappa shape index (κ1) is 13.5. The van der Waals surface area contributed by atoms with Crippen molar-refractivity contribution in [2.75, 3.05) is 0 Å². The fraction of sp³-hybridized carbons (Fsp3) is 0. The quantitative estimate of drug-likeness (QED) is 0.453. The van der Waals surface area contributed by atoms with Gasteiger partial charge in [-0.15, -0.1) is 0 Å². The van der Waals surface area contributed by atoms with Crippen molar-refractivity contribution in [3.63, 3.8) is 0 Å². The van der Waals surface area contributed by atoms with Crippen LogP contribution >= 0.6 is 0 Å². The predicted molar refractivity (Wildman–Crippen MR) is 87.8 cm³/mol. The van der Waals surface area contributed by atoms with Crippen LogP contribution in [0.25, 0.3) is 4.85 Å². The average Bonchev–Trinajstić information content (AvgIpc) is 2.58. The molecule has 0 aliphatic rings. The van der Waals surface area contributed by atoms with Crippen molar-refractivity contribution in [2.45, 2.75) is 14.7 Å². The van der Waals surface area contributed by atoms with E-state index in [1.807, 2.05) is 24.3 Å². The summed E-state index contributed by atoms with van der Waals surface area (Å²) in [5.41, 5.74) is 0.684. The van der Waals surface area contributed by atoms with E-state index in [0.717, 1.165) is 0 Å². The highest BCUT2D eigenvalue weighted by molar-refractivity contribution is 7.97. The van der Waals surface area contributed by atoms with Crippen molar-refractivity contribution >= 4 is 16.6 Å². The smallest absolute Gasteiger partial charge is 0.187 e. The molecule has 21 heavy (non-hydrogen) atoms. The standard InChI is InChI=1S/C19H14NS/c1-20-16-12-14-19(15-13-16)21(17-8-4-2-5-9-17)18-10-6-3-7-11-18/h2-15H/q+1. The highest BCUT2D eigenvalue weighted by Gasteiger charge is 2.27. The maximum absolute atomic E-state index is 7.08. The van der Waals surface area contributed by atoms with Crippen LogP contribution in [0, 0.1) is 6.57 Å². The van der Waals surface area contributed by atoms with E-state index in [2.05, 4.69) is 65.5 Å². The Morgan fingerprint density at radius 2 is 1.00 bits per heavy atom. The minimum atomic E-state index is -0.128. The Labute approximate surface area is 128 Å². The third-order valence-corrected chi connectivity index (χ3v) is 5.39. The SMILES string of the molecule is [C-]#[N+]c1ccc([S+](c2ccccc2)c2ccccc2)cc1. The average molecular weight is 288 g/mol. The van der Waals surface area contributed by atoms with Crippen LogP contribution in [0.4, 0.5) is 5.69 Å². The molecular formula is C19H14NS+. The Morgan fingerprint density at radius 3 is 1.43 bits per heavy atom. The van der Waals surface area contributed by atoms with Crippen LogP contribution in [-0.2, 0) is 10.9 Å². The number of hydrogen-bond donors (Lipinski definition) is 0. The van der Waals surface area contributed by atoms with Gasteiger partial charge in [-0.1, -0.05) is 48.5 Å². The first-order valence-electron chi connectivity index (χ1n) is 6.70. The number of nitrogens with zero attached hydrogens (tertiary/aromatic N) is 1. The summed E-state index contributed by atoms with van der Waals surface area (Å²) in [6.07, 6.45) is 0. The summed E-state index contributed by atoms with van der Waals surface area (Å²) >= 11 is 0. The maximum Gasteiger partial charge on any atom is 0.187 e. The summed E-state index contributed by atoms with van der Waals surface area (Å²) < 4.78 is 0. The summed E-state index contributed by atoms with van der Waals surface area (Å²) in [6, 6.07) is 29.0. The zero-order valence-electron chi connectivity index (χ0n) is 11.4. The highest BCUT2D eigenvalue weighted by atomic mass is 32.2. The van der Waals surface area contributed by atoms with Crippen LogP contribution in [0.1, 0.15) is 0 Å². The minimum absolute atomic E-state index is 0.128. The fourth-order valence-electron chi connectivity index (χ4n) is 2.18. The van der Waals surface area contributed by atoms with Crippen LogP contribution in [0.2, 0.25) is 0 Å². The van der Waals surface area contributed by atoms with Gasteiger partial charge in [-0.05, 0) is 36.4 Å². The molecule has 0 saturated carbocycles. The van der Waals surface area contributed by atoms with Crippen molar-refractivity contribution in [1.29, 1.82) is 0 Å². The lowest BCUT2D eigenvalue weighted by atomic mass is 10.3. The van der Waals surface area contributed by atoms with Gasteiger partial charge in [0.2, 0.25) is 0 Å². The second-order valence-electron chi connectivity index (χ2n) is 4.54. The van der Waals surface area contributed by atoms with Crippen molar-refractivity contribution in [2.24, 2.45) is 0 Å². The van der Waals surface area contributed by atoms with Crippen molar-refractivity contribution in [1.82, 2.24) is 0 Å². The molecule has 0 aliphatic carbocycles. The third-order valence-electron chi connectivity index (χ3n) is 3.16. The lowest BCUT2D eigenvalue weighted by Gasteiger charge is -2.07. The van der Waals surface area contributed by atoms with Crippen molar-refractivity contribution in [3.8, 4) is 0 Å². The lowest BCUT2D eigenvalue weighted by molar-refractivity contribution is 1.32. The van der Waals surface area contributed by atoms with Gasteiger partial charge in [0, 0.05) is 0 Å². The summed E-state index contributed by atoms with van der Waals surface area (Å²) in [4.78, 5) is 7.29. The molecule has 0 amide bonds. The van der Waals surface area contributed by atoms with Crippen LogP contribution in [0.3, 0.4) is 0 Å². The van der Waals surface area contributed by atoms with Gasteiger partial charge in [-0.25, -0.2) is 4.85 Å². The maximum atomic E-state index is 7.08. The molecule has 0 bridgehead atoms. The van der Waals surface area contributed by atoms with Crippen LogP contribution < -0.4 is 0 Å². The molecule has 100 valence electrons. The molecule has 3 rings (SSSR count). The van der Waals surface area contributed by atoms with Gasteiger partial charge in [0.15, 0.2) is 20.4 Å². The van der Waals surface area contributed by atoms with Gasteiger partial charge in [-0.3, -0.25) is 0 Å². The third kappa shape index (κ3) is 2.99. The molecule has 0 unspecified atom stereocenters. The molecule has 3 aromatic rings. The predicted octanol–water partition coefficient (Wildman–Crippen LogP) is 5.33. The molecule has 0 spiro atoms. The second-order valence-corrected chi connectivity index (χ2v) is 6.56. The Kier molecular flexibility index (Phi) is 4.04. The van der Waals surface area contributed by atoms with Gasteiger partial charge < -0.3 is 0 Å². The minimum Gasteiger partial charge on any atom is -0.238 e. The van der Waals surface area contributed by atoms with E-state index >= 15 is 0 Å². The Morgan fingerprint density at radius 1 is 0.571 bits per heavy atom. The van der Waals surface area contributed by atoms with Gasteiger partial charge >= 0.3 is 0 Å². The summed E-state index contributed by atoms with van der Waals surface area (Å²) in [7, 11) is -0.128. The molecule has 0 radical (unpaired) electrons. The molecular weight excluding hydrogens is 274 g/mol. The summed E-state index contributed by atoms with van der Waals surface area (Å²) in [5.74, 6) is 0. The van der Waals surface area contributed by atoms with E-state index in [-0.39, 0.29) is 10.9 Å². The first-order valence-corrected chi connectivity index (χ1v) is 7.93. The molecule has 0 saturated heterocycles. The molecule has 2 heteroatoms. The van der Waals surface area contributed by atoms with Crippen molar-refractivity contribution < 1.29 is 0 Å². The van der Waals surface area contributed by atoms with Gasteiger partial charge in [-0.2, -0.15) is 0 Å². The molecule has 0 aromatic heterocycles. The Hall–Kier alpha value is -2.50. The zero-order chi connectivity index (χ0) is 14.5. The number of hydrogen-bond acceptors (Lipinski definition) is 0. The normalized spacial score (nSPS) is 10.3. The number of benzene rings is 3. The van der Waals surface area contributed by atoms with Gasteiger partial charge in [0.1, 0.15) is 0 Å². The first-order chi connectivity index (χ1) is 10.4. The molecule has 0 atom stereocenters. The van der Waals surface area contributed by atoms with E-state index in [4.69, 9.17) is 6.57 Å². The lowest BCUT2D eigenvalue weighted by Crippen LogP contribution is -2.04. The molecule has 0 heterocycles. The Bertz CT molecular complexity index is 704. The van der Waals surface area contributed by atoms with Gasteiger partial charge in [0.25, 0.3) is 0 Å². The van der Waals surface area contributed by atoms with Crippen LogP contribution in [-0.4, -0.2) is 0 Å². The molecule has 0 aliphatic heterocycles. The zero-order valence-corrected chi connectivity index (χ0v) is 12.3. The van der Waals surface area contributed by atoms with E-state index in [9.17, 15) is 0 Å². The molecule has 1 nitrogen and oxygen atoms in total. The largest absolute Gasteiger partial charge is 0.238 e. The van der Waals surface area contributed by atoms with Gasteiger partial charge in [0.05, 0.1) is 17.5 Å². The molecule has 3 aromatic carbocycles. The topological polar surface area (TPSA) is 4.36 Å². The van der Waals surface area contributed by atoms with Crippen molar-refractivity contribution in [3.05, 3.63) is 96.3 Å². The van der Waals surface area contributed by atoms with E-state index < -0.39 is 0 Å². The molecule has 0 fully saturated rings. The molecule has 0 N–H and O–H groups in total.